The van der Waals surface area contributed by atoms with Gasteiger partial charge >= 0.3 is 0 Å². The van der Waals surface area contributed by atoms with Crippen molar-refractivity contribution in [2.75, 3.05) is 19.0 Å². The average molecular weight is 579 g/mol. The highest BCUT2D eigenvalue weighted by molar-refractivity contribution is 8.26. The van der Waals surface area contributed by atoms with Crippen LogP contribution in [0.3, 0.4) is 0 Å². The number of thioether (sulfide) groups is 1. The van der Waals surface area contributed by atoms with E-state index in [2.05, 4.69) is 15.6 Å². The monoisotopic (exact) mass is 578 g/mol. The first-order valence-electron chi connectivity index (χ1n) is 12.4. The molecule has 1 aliphatic heterocycles. The van der Waals surface area contributed by atoms with E-state index in [0.29, 0.717) is 26.3 Å². The summed E-state index contributed by atoms with van der Waals surface area (Å²) in [6.45, 7) is 0.507. The van der Waals surface area contributed by atoms with E-state index in [-0.39, 0.29) is 30.7 Å². The number of aryl methyl sites for hydroxylation is 1. The maximum absolute atomic E-state index is 13.2. The van der Waals surface area contributed by atoms with Crippen LogP contribution in [0.25, 0.3) is 6.08 Å². The van der Waals surface area contributed by atoms with Crippen LogP contribution in [-0.2, 0) is 29.0 Å². The molecule has 8 nitrogen and oxygen atoms in total. The topological polar surface area (TPSA) is 101 Å². The Hall–Kier alpha value is -3.54. The molecule has 0 radical (unpaired) electrons. The number of carbonyl (C=O) groups is 3. The maximum Gasteiger partial charge on any atom is 0.266 e. The number of benzene rings is 1. The molecule has 3 aromatic rings. The van der Waals surface area contributed by atoms with Gasteiger partial charge in [-0.1, -0.05) is 42.2 Å². The fraction of sp³-hybridized carbons (Fsp3) is 0.250. The number of fused-ring (bicyclic) bond motifs is 1. The van der Waals surface area contributed by atoms with Crippen LogP contribution in [0.2, 0.25) is 0 Å². The number of aromatic nitrogens is 1. The van der Waals surface area contributed by atoms with Crippen molar-refractivity contribution in [3.8, 4) is 5.75 Å². The van der Waals surface area contributed by atoms with Crippen LogP contribution in [0.5, 0.6) is 5.75 Å². The van der Waals surface area contributed by atoms with E-state index in [0.717, 1.165) is 46.6 Å². The molecule has 3 amide bonds. The van der Waals surface area contributed by atoms with Crippen molar-refractivity contribution in [1.82, 2.24) is 15.2 Å². The number of pyridine rings is 1. The number of hydrogen-bond donors (Lipinski definition) is 2. The number of methoxy groups -OCH3 is 1. The largest absolute Gasteiger partial charge is 0.497 e. The maximum atomic E-state index is 13.2. The Kier molecular flexibility index (Phi) is 8.39. The molecule has 0 unspecified atom stereocenters. The third-order valence-electron chi connectivity index (χ3n) is 6.43. The molecule has 11 heteroatoms. The van der Waals surface area contributed by atoms with Gasteiger partial charge in [0, 0.05) is 36.8 Å². The number of ether oxygens (including phenoxy) is 1. The van der Waals surface area contributed by atoms with Crippen molar-refractivity contribution < 1.29 is 19.1 Å². The van der Waals surface area contributed by atoms with Gasteiger partial charge in [-0.25, -0.2) is 0 Å². The van der Waals surface area contributed by atoms with E-state index in [1.54, 1.807) is 25.6 Å². The lowest BCUT2D eigenvalue weighted by molar-refractivity contribution is -0.122. The zero-order chi connectivity index (χ0) is 27.4. The van der Waals surface area contributed by atoms with E-state index >= 15 is 0 Å². The van der Waals surface area contributed by atoms with Crippen LogP contribution in [-0.4, -0.2) is 45.6 Å². The summed E-state index contributed by atoms with van der Waals surface area (Å²) in [6.07, 6.45) is 7.94. The van der Waals surface area contributed by atoms with Crippen molar-refractivity contribution in [1.29, 1.82) is 0 Å². The summed E-state index contributed by atoms with van der Waals surface area (Å²) < 4.78 is 5.59. The third-order valence-corrected chi connectivity index (χ3v) is 9.01. The molecular weight excluding hydrogens is 553 g/mol. The molecule has 2 N–H and O–H groups in total. The number of rotatable bonds is 9. The van der Waals surface area contributed by atoms with Crippen LogP contribution in [0.1, 0.15) is 44.8 Å². The summed E-state index contributed by atoms with van der Waals surface area (Å²) in [5, 5.41) is 6.43. The van der Waals surface area contributed by atoms with E-state index in [4.69, 9.17) is 17.0 Å². The highest BCUT2D eigenvalue weighted by Gasteiger charge is 2.32. The number of hydrogen-bond acceptors (Lipinski definition) is 8. The first-order valence-corrected chi connectivity index (χ1v) is 14.5. The van der Waals surface area contributed by atoms with E-state index in [1.807, 2.05) is 36.4 Å². The quantitative estimate of drug-likeness (QED) is 0.278. The van der Waals surface area contributed by atoms with Crippen molar-refractivity contribution in [3.05, 3.63) is 80.8 Å². The van der Waals surface area contributed by atoms with Gasteiger partial charge in [0.15, 0.2) is 0 Å². The molecule has 39 heavy (non-hydrogen) atoms. The zero-order valence-corrected chi connectivity index (χ0v) is 23.6. The molecule has 1 saturated heterocycles. The smallest absolute Gasteiger partial charge is 0.266 e. The molecule has 200 valence electrons. The molecule has 3 heterocycles. The van der Waals surface area contributed by atoms with Crippen LogP contribution in [0.4, 0.5) is 5.00 Å². The Bertz CT molecular complexity index is 1450. The molecule has 5 rings (SSSR count). The second-order valence-corrected chi connectivity index (χ2v) is 11.8. The summed E-state index contributed by atoms with van der Waals surface area (Å²) in [6, 6.07) is 11.1. The first-order chi connectivity index (χ1) is 18.9. The third kappa shape index (κ3) is 6.21. The number of nitrogens with zero attached hydrogens (tertiary/aromatic N) is 2. The van der Waals surface area contributed by atoms with Crippen molar-refractivity contribution in [2.45, 2.75) is 32.2 Å². The fourth-order valence-electron chi connectivity index (χ4n) is 4.45. The Labute approximate surface area is 239 Å². The van der Waals surface area contributed by atoms with Crippen molar-refractivity contribution in [2.24, 2.45) is 0 Å². The lowest BCUT2D eigenvalue weighted by Crippen LogP contribution is -2.31. The Morgan fingerprint density at radius 2 is 2.03 bits per heavy atom. The zero-order valence-electron chi connectivity index (χ0n) is 21.2. The number of anilines is 1. The number of thiophene rings is 1. The van der Waals surface area contributed by atoms with Gasteiger partial charge < -0.3 is 15.4 Å². The van der Waals surface area contributed by atoms with Crippen molar-refractivity contribution >= 4 is 68.4 Å². The molecule has 0 spiro atoms. The predicted molar refractivity (Wildman–Crippen MR) is 158 cm³/mol. The van der Waals surface area contributed by atoms with Gasteiger partial charge in [-0.15, -0.1) is 11.3 Å². The summed E-state index contributed by atoms with van der Waals surface area (Å²) in [4.78, 5) is 46.2. The van der Waals surface area contributed by atoms with Gasteiger partial charge in [-0.2, -0.15) is 0 Å². The Balaban J connectivity index is 1.21. The molecular formula is C28H26N4O4S3. The van der Waals surface area contributed by atoms with E-state index in [9.17, 15) is 14.4 Å². The minimum atomic E-state index is -0.274. The first kappa shape index (κ1) is 27.0. The van der Waals surface area contributed by atoms with Gasteiger partial charge in [-0.3, -0.25) is 24.3 Å². The average Bonchev–Trinajstić information content (AvgIpc) is 3.60. The summed E-state index contributed by atoms with van der Waals surface area (Å²) >= 11 is 8.10. The highest BCUT2D eigenvalue weighted by Crippen LogP contribution is 2.39. The highest BCUT2D eigenvalue weighted by atomic mass is 32.2. The lowest BCUT2D eigenvalue weighted by atomic mass is 10.1. The molecule has 1 fully saturated rings. The van der Waals surface area contributed by atoms with Gasteiger partial charge in [0.1, 0.15) is 15.1 Å². The molecule has 0 saturated carbocycles. The molecule has 1 aromatic carbocycles. The molecule has 0 atom stereocenters. The SMILES string of the molecule is COc1ccc(/C=C2\SC(=S)N(CCC(=O)Nc3sc4c(c3C(=O)NCc3cccnc3)CCC4)C2=O)cc1. The molecule has 2 aliphatic rings. The summed E-state index contributed by atoms with van der Waals surface area (Å²) in [5.41, 5.74) is 3.30. The number of thiocarbonyl (C=S) groups is 1. The number of carbonyl (C=O) groups excluding carboxylic acids is 3. The van der Waals surface area contributed by atoms with Crippen LogP contribution >= 0.6 is 35.3 Å². The molecule has 0 bridgehead atoms. The minimum Gasteiger partial charge on any atom is -0.497 e. The number of nitrogens with one attached hydrogen (secondary N) is 2. The van der Waals surface area contributed by atoms with Gasteiger partial charge in [-0.05, 0) is 60.2 Å². The molecule has 1 aliphatic carbocycles. The summed E-state index contributed by atoms with van der Waals surface area (Å²) in [7, 11) is 1.60. The standard InChI is InChI=1S/C28H26N4O4S3/c1-36-19-9-7-17(8-10-19)14-22-27(35)32(28(37)39-22)13-11-23(33)31-26-24(20-5-2-6-21(20)38-26)25(34)30-16-18-4-3-12-29-15-18/h3-4,7-10,12,14-15H,2,5-6,11,13,16H2,1H3,(H,30,34)(H,31,33)/b22-14-. The second-order valence-electron chi connectivity index (χ2n) is 9.01. The van der Waals surface area contributed by atoms with E-state index in [1.165, 1.54) is 28.0 Å². The Morgan fingerprint density at radius 3 is 2.77 bits per heavy atom. The van der Waals surface area contributed by atoms with Gasteiger partial charge in [0.2, 0.25) is 5.91 Å². The normalized spacial score (nSPS) is 15.5. The fourth-order valence-corrected chi connectivity index (χ4v) is 7.06. The molecule has 2 aromatic heterocycles. The lowest BCUT2D eigenvalue weighted by Gasteiger charge is -2.14. The van der Waals surface area contributed by atoms with Crippen LogP contribution < -0.4 is 15.4 Å². The van der Waals surface area contributed by atoms with Gasteiger partial charge in [0.05, 0.1) is 17.6 Å². The van der Waals surface area contributed by atoms with Crippen molar-refractivity contribution in [3.63, 3.8) is 0 Å². The predicted octanol–water partition coefficient (Wildman–Crippen LogP) is 4.80. The minimum absolute atomic E-state index is 0.0571. The van der Waals surface area contributed by atoms with E-state index < -0.39 is 0 Å². The van der Waals surface area contributed by atoms with Gasteiger partial charge in [0.25, 0.3) is 11.8 Å². The van der Waals surface area contributed by atoms with Crippen LogP contribution in [0, 0.1) is 0 Å². The number of amides is 3. The van der Waals surface area contributed by atoms with Crippen LogP contribution in [0.15, 0.2) is 53.7 Å². The second kappa shape index (κ2) is 12.1. The summed E-state index contributed by atoms with van der Waals surface area (Å²) in [5.74, 6) is 0.0218. The Morgan fingerprint density at radius 1 is 1.21 bits per heavy atom.